The molecule has 2 aliphatic rings. The van der Waals surface area contributed by atoms with Crippen LogP contribution in [0.3, 0.4) is 0 Å². The summed E-state index contributed by atoms with van der Waals surface area (Å²) in [5, 5.41) is 9.20. The predicted molar refractivity (Wildman–Crippen MR) is 64.5 cm³/mol. The van der Waals surface area contributed by atoms with E-state index in [-0.39, 0.29) is 6.10 Å². The van der Waals surface area contributed by atoms with E-state index in [0.29, 0.717) is 6.42 Å². The number of ether oxygens (including phenoxy) is 1. The van der Waals surface area contributed by atoms with Gasteiger partial charge in [0.25, 0.3) is 0 Å². The number of aromatic nitrogens is 2. The van der Waals surface area contributed by atoms with Gasteiger partial charge in [0.15, 0.2) is 0 Å². The molecule has 5 heteroatoms. The van der Waals surface area contributed by atoms with Crippen molar-refractivity contribution in [2.75, 3.05) is 6.61 Å². The SMILES string of the molecule is O=C(O)C1CCCn2cc(CC3CCCO3)nc21. The first-order valence-corrected chi connectivity index (χ1v) is 6.64. The summed E-state index contributed by atoms with van der Waals surface area (Å²) in [5.74, 6) is -0.469. The van der Waals surface area contributed by atoms with E-state index in [0.717, 1.165) is 50.4 Å². The second kappa shape index (κ2) is 4.72. The van der Waals surface area contributed by atoms with E-state index in [1.54, 1.807) is 0 Å². The predicted octanol–water partition coefficient (Wildman–Crippen LogP) is 1.57. The van der Waals surface area contributed by atoms with Gasteiger partial charge in [0, 0.05) is 25.8 Å². The lowest BCUT2D eigenvalue weighted by Gasteiger charge is -2.19. The van der Waals surface area contributed by atoms with Crippen LogP contribution in [-0.4, -0.2) is 33.3 Å². The lowest BCUT2D eigenvalue weighted by Crippen LogP contribution is -2.22. The van der Waals surface area contributed by atoms with Crippen molar-refractivity contribution >= 4 is 5.97 Å². The third-order valence-electron chi connectivity index (χ3n) is 3.82. The number of carboxylic acids is 1. The molecule has 0 bridgehead atoms. The molecule has 1 fully saturated rings. The highest BCUT2D eigenvalue weighted by molar-refractivity contribution is 5.75. The molecule has 3 heterocycles. The highest BCUT2D eigenvalue weighted by Gasteiger charge is 2.29. The Morgan fingerprint density at radius 3 is 3.11 bits per heavy atom. The van der Waals surface area contributed by atoms with Gasteiger partial charge in [-0.05, 0) is 25.7 Å². The largest absolute Gasteiger partial charge is 0.481 e. The number of hydrogen-bond donors (Lipinski definition) is 1. The Labute approximate surface area is 106 Å². The highest BCUT2D eigenvalue weighted by atomic mass is 16.5. The molecule has 0 radical (unpaired) electrons. The van der Waals surface area contributed by atoms with E-state index < -0.39 is 11.9 Å². The van der Waals surface area contributed by atoms with Gasteiger partial charge in [-0.1, -0.05) is 0 Å². The van der Waals surface area contributed by atoms with Gasteiger partial charge in [0.05, 0.1) is 11.8 Å². The molecule has 0 saturated carbocycles. The van der Waals surface area contributed by atoms with Crippen LogP contribution in [0, 0.1) is 0 Å². The van der Waals surface area contributed by atoms with Crippen LogP contribution >= 0.6 is 0 Å². The fourth-order valence-electron chi connectivity index (χ4n) is 2.91. The minimum absolute atomic E-state index is 0.269. The number of rotatable bonds is 3. The summed E-state index contributed by atoms with van der Waals surface area (Å²) >= 11 is 0. The zero-order valence-electron chi connectivity index (χ0n) is 10.3. The summed E-state index contributed by atoms with van der Waals surface area (Å²) in [4.78, 5) is 15.7. The van der Waals surface area contributed by atoms with Crippen LogP contribution in [0.4, 0.5) is 0 Å². The van der Waals surface area contributed by atoms with Crippen LogP contribution in [0.1, 0.15) is 43.1 Å². The van der Waals surface area contributed by atoms with Gasteiger partial charge in [-0.15, -0.1) is 0 Å². The van der Waals surface area contributed by atoms with Gasteiger partial charge in [0.2, 0.25) is 0 Å². The summed E-state index contributed by atoms with van der Waals surface area (Å²) in [6.45, 7) is 1.73. The van der Waals surface area contributed by atoms with Crippen molar-refractivity contribution in [1.29, 1.82) is 0 Å². The van der Waals surface area contributed by atoms with Crippen LogP contribution in [0.2, 0.25) is 0 Å². The van der Waals surface area contributed by atoms with Gasteiger partial charge in [-0.2, -0.15) is 0 Å². The molecule has 5 nitrogen and oxygen atoms in total. The van der Waals surface area contributed by atoms with Crippen LogP contribution in [0.25, 0.3) is 0 Å². The van der Waals surface area contributed by atoms with Gasteiger partial charge < -0.3 is 14.4 Å². The normalized spacial score (nSPS) is 27.1. The first-order valence-electron chi connectivity index (χ1n) is 6.64. The fraction of sp³-hybridized carbons (Fsp3) is 0.692. The lowest BCUT2D eigenvalue weighted by molar-refractivity contribution is -0.139. The zero-order valence-corrected chi connectivity index (χ0v) is 10.3. The first kappa shape index (κ1) is 11.7. The number of carbonyl (C=O) groups is 1. The van der Waals surface area contributed by atoms with Crippen LogP contribution in [0.5, 0.6) is 0 Å². The Morgan fingerprint density at radius 1 is 1.50 bits per heavy atom. The smallest absolute Gasteiger partial charge is 0.314 e. The third kappa shape index (κ3) is 2.14. The molecular weight excluding hydrogens is 232 g/mol. The monoisotopic (exact) mass is 250 g/mol. The molecule has 1 aromatic heterocycles. The number of imidazole rings is 1. The molecule has 0 amide bonds. The minimum atomic E-state index is -0.759. The maximum absolute atomic E-state index is 11.2. The molecule has 2 unspecified atom stereocenters. The second-order valence-corrected chi connectivity index (χ2v) is 5.16. The number of aliphatic carboxylic acids is 1. The molecule has 1 N–H and O–H groups in total. The molecule has 1 saturated heterocycles. The second-order valence-electron chi connectivity index (χ2n) is 5.16. The number of carboxylic acid groups (broad SMARTS) is 1. The van der Waals surface area contributed by atoms with E-state index in [1.165, 1.54) is 0 Å². The van der Waals surface area contributed by atoms with E-state index >= 15 is 0 Å². The quantitative estimate of drug-likeness (QED) is 0.884. The Morgan fingerprint density at radius 2 is 2.39 bits per heavy atom. The van der Waals surface area contributed by atoms with E-state index in [2.05, 4.69) is 4.98 Å². The van der Waals surface area contributed by atoms with Gasteiger partial charge in [-0.3, -0.25) is 4.79 Å². The summed E-state index contributed by atoms with van der Waals surface area (Å²) in [6.07, 6.45) is 6.91. The third-order valence-corrected chi connectivity index (χ3v) is 3.82. The minimum Gasteiger partial charge on any atom is -0.481 e. The van der Waals surface area contributed by atoms with Gasteiger partial charge in [0.1, 0.15) is 11.7 Å². The fourth-order valence-corrected chi connectivity index (χ4v) is 2.91. The Kier molecular flexibility index (Phi) is 3.07. The summed E-state index contributed by atoms with van der Waals surface area (Å²) in [7, 11) is 0. The van der Waals surface area contributed by atoms with Crippen LogP contribution < -0.4 is 0 Å². The van der Waals surface area contributed by atoms with Crippen molar-refractivity contribution < 1.29 is 14.6 Å². The average Bonchev–Trinajstić information content (AvgIpc) is 2.96. The maximum atomic E-state index is 11.2. The van der Waals surface area contributed by atoms with Crippen molar-refractivity contribution in [3.63, 3.8) is 0 Å². The van der Waals surface area contributed by atoms with Crippen LogP contribution in [0.15, 0.2) is 6.20 Å². The molecule has 2 aliphatic heterocycles. The van der Waals surface area contributed by atoms with Gasteiger partial charge in [-0.25, -0.2) is 4.98 Å². The Balaban J connectivity index is 1.79. The highest BCUT2D eigenvalue weighted by Crippen LogP contribution is 2.28. The number of aryl methyl sites for hydroxylation is 1. The van der Waals surface area contributed by atoms with Crippen molar-refractivity contribution in [1.82, 2.24) is 9.55 Å². The first-order chi connectivity index (χ1) is 8.74. The summed E-state index contributed by atoms with van der Waals surface area (Å²) < 4.78 is 7.60. The van der Waals surface area contributed by atoms with E-state index in [1.807, 2.05) is 10.8 Å². The number of hydrogen-bond acceptors (Lipinski definition) is 3. The Hall–Kier alpha value is -1.36. The molecule has 3 rings (SSSR count). The Bertz CT molecular complexity index is 449. The van der Waals surface area contributed by atoms with Crippen molar-refractivity contribution in [2.24, 2.45) is 0 Å². The number of nitrogens with zero attached hydrogens (tertiary/aromatic N) is 2. The number of fused-ring (bicyclic) bond motifs is 1. The summed E-state index contributed by atoms with van der Waals surface area (Å²) in [6, 6.07) is 0. The van der Waals surface area contributed by atoms with Crippen molar-refractivity contribution in [3.05, 3.63) is 17.7 Å². The zero-order chi connectivity index (χ0) is 12.5. The summed E-state index contributed by atoms with van der Waals surface area (Å²) in [5.41, 5.74) is 0.977. The molecule has 1 aromatic rings. The molecule has 18 heavy (non-hydrogen) atoms. The standard InChI is InChI=1S/C13H18N2O3/c16-13(17)11-4-1-5-15-8-9(14-12(11)15)7-10-3-2-6-18-10/h8,10-11H,1-7H2,(H,16,17). The topological polar surface area (TPSA) is 64.3 Å². The van der Waals surface area contributed by atoms with Gasteiger partial charge >= 0.3 is 5.97 Å². The molecular formula is C13H18N2O3. The molecule has 0 aliphatic carbocycles. The molecule has 0 spiro atoms. The van der Waals surface area contributed by atoms with Crippen molar-refractivity contribution in [3.8, 4) is 0 Å². The average molecular weight is 250 g/mol. The van der Waals surface area contributed by atoms with E-state index in [4.69, 9.17) is 4.74 Å². The lowest BCUT2D eigenvalue weighted by atomic mass is 9.99. The van der Waals surface area contributed by atoms with Crippen molar-refractivity contribution in [2.45, 2.75) is 50.7 Å². The van der Waals surface area contributed by atoms with Crippen LogP contribution in [-0.2, 0) is 22.5 Å². The van der Waals surface area contributed by atoms with E-state index in [9.17, 15) is 9.90 Å². The molecule has 98 valence electrons. The molecule has 0 aromatic carbocycles. The maximum Gasteiger partial charge on any atom is 0.314 e. The molecule has 2 atom stereocenters.